The van der Waals surface area contributed by atoms with Crippen molar-refractivity contribution in [2.45, 2.75) is 78.8 Å². The minimum Gasteiger partial charge on any atom is -0.354 e. The Morgan fingerprint density at radius 2 is 1.68 bits per heavy atom. The van der Waals surface area contributed by atoms with Gasteiger partial charge in [0.25, 0.3) is 0 Å². The van der Waals surface area contributed by atoms with Crippen molar-refractivity contribution in [1.82, 2.24) is 10.2 Å². The molecule has 0 spiro atoms. The first-order valence-electron chi connectivity index (χ1n) is 11.7. The number of nitrogens with zero attached hydrogens (tertiary/aromatic N) is 1. The molecule has 31 heavy (non-hydrogen) atoms. The first kappa shape index (κ1) is 24.6. The van der Waals surface area contributed by atoms with Crippen LogP contribution in [0.1, 0.15) is 68.7 Å². The van der Waals surface area contributed by atoms with Crippen LogP contribution in [0, 0.1) is 6.92 Å². The van der Waals surface area contributed by atoms with Gasteiger partial charge in [0.1, 0.15) is 6.04 Å². The second-order valence-corrected chi connectivity index (χ2v) is 8.25. The second kappa shape index (κ2) is 12.9. The maximum Gasteiger partial charge on any atom is 0.242 e. The second-order valence-electron chi connectivity index (χ2n) is 8.25. The molecule has 0 aliphatic carbocycles. The molecule has 2 amide bonds. The molecular weight excluding hydrogens is 384 g/mol. The van der Waals surface area contributed by atoms with Gasteiger partial charge in [0.2, 0.25) is 11.8 Å². The molecule has 2 aromatic carbocycles. The van der Waals surface area contributed by atoms with Gasteiger partial charge in [0, 0.05) is 19.5 Å². The van der Waals surface area contributed by atoms with Crippen molar-refractivity contribution in [1.29, 1.82) is 0 Å². The van der Waals surface area contributed by atoms with E-state index >= 15 is 0 Å². The van der Waals surface area contributed by atoms with E-state index < -0.39 is 6.04 Å². The highest BCUT2D eigenvalue weighted by Crippen LogP contribution is 2.16. The summed E-state index contributed by atoms with van der Waals surface area (Å²) < 4.78 is 0. The number of hydrogen-bond donors (Lipinski definition) is 1. The molecule has 0 radical (unpaired) electrons. The minimum atomic E-state index is -0.452. The van der Waals surface area contributed by atoms with Crippen LogP contribution in [0.15, 0.2) is 48.5 Å². The summed E-state index contributed by atoms with van der Waals surface area (Å²) in [4.78, 5) is 28.0. The Kier molecular flexibility index (Phi) is 10.3. The van der Waals surface area contributed by atoms with Crippen molar-refractivity contribution in [2.75, 3.05) is 6.54 Å². The van der Waals surface area contributed by atoms with Gasteiger partial charge in [0.05, 0.1) is 0 Å². The highest BCUT2D eigenvalue weighted by molar-refractivity contribution is 5.87. The molecule has 0 fully saturated rings. The van der Waals surface area contributed by atoms with E-state index in [4.69, 9.17) is 0 Å². The van der Waals surface area contributed by atoms with Crippen molar-refractivity contribution in [2.24, 2.45) is 0 Å². The molecule has 1 atom stereocenters. The topological polar surface area (TPSA) is 49.4 Å². The molecule has 0 saturated heterocycles. The molecule has 0 aliphatic heterocycles. The van der Waals surface area contributed by atoms with E-state index in [2.05, 4.69) is 49.5 Å². The number of unbranched alkanes of at least 4 members (excludes halogenated alkanes) is 1. The molecule has 2 rings (SSSR count). The fraction of sp³-hybridized carbons (Fsp3) is 0.481. The summed E-state index contributed by atoms with van der Waals surface area (Å²) in [5.74, 6) is -0.0252. The van der Waals surface area contributed by atoms with Crippen LogP contribution in [0.3, 0.4) is 0 Å². The van der Waals surface area contributed by atoms with E-state index in [9.17, 15) is 9.59 Å². The molecule has 0 bridgehead atoms. The third kappa shape index (κ3) is 7.86. The van der Waals surface area contributed by atoms with Crippen LogP contribution in [0.2, 0.25) is 0 Å². The summed E-state index contributed by atoms with van der Waals surface area (Å²) in [5.41, 5.74) is 4.66. The lowest BCUT2D eigenvalue weighted by Crippen LogP contribution is -2.49. The molecule has 1 unspecified atom stereocenters. The lowest BCUT2D eigenvalue weighted by Gasteiger charge is -2.31. The summed E-state index contributed by atoms with van der Waals surface area (Å²) >= 11 is 0. The fourth-order valence-corrected chi connectivity index (χ4v) is 3.77. The van der Waals surface area contributed by atoms with Crippen LogP contribution in [-0.2, 0) is 29.0 Å². The molecule has 4 heteroatoms. The van der Waals surface area contributed by atoms with Crippen LogP contribution >= 0.6 is 0 Å². The summed E-state index contributed by atoms with van der Waals surface area (Å²) in [6.07, 6.45) is 4.66. The molecule has 0 aliphatic rings. The van der Waals surface area contributed by atoms with Crippen LogP contribution in [-0.4, -0.2) is 29.3 Å². The SMILES string of the molecule is CCCCNC(=O)C(CC)N(Cc1cccc(C)c1)C(=O)CCc1ccc(CC)cc1. The highest BCUT2D eigenvalue weighted by atomic mass is 16.2. The van der Waals surface area contributed by atoms with Gasteiger partial charge >= 0.3 is 0 Å². The Balaban J connectivity index is 2.15. The van der Waals surface area contributed by atoms with Gasteiger partial charge in [-0.05, 0) is 49.3 Å². The van der Waals surface area contributed by atoms with E-state index in [-0.39, 0.29) is 11.8 Å². The van der Waals surface area contributed by atoms with E-state index in [0.29, 0.717) is 32.4 Å². The number of hydrogen-bond acceptors (Lipinski definition) is 2. The number of benzene rings is 2. The molecule has 168 valence electrons. The van der Waals surface area contributed by atoms with Crippen LogP contribution in [0.5, 0.6) is 0 Å². The number of rotatable bonds is 12. The highest BCUT2D eigenvalue weighted by Gasteiger charge is 2.28. The minimum absolute atomic E-state index is 0.0264. The Hall–Kier alpha value is -2.62. The molecule has 4 nitrogen and oxygen atoms in total. The monoisotopic (exact) mass is 422 g/mol. The lowest BCUT2D eigenvalue weighted by molar-refractivity contribution is -0.141. The average molecular weight is 423 g/mol. The maximum atomic E-state index is 13.3. The molecule has 2 aromatic rings. The lowest BCUT2D eigenvalue weighted by atomic mass is 10.0. The van der Waals surface area contributed by atoms with Gasteiger partial charge < -0.3 is 10.2 Å². The van der Waals surface area contributed by atoms with E-state index in [1.807, 2.05) is 32.0 Å². The summed E-state index contributed by atoms with van der Waals surface area (Å²) in [6, 6.07) is 16.2. The van der Waals surface area contributed by atoms with E-state index in [1.165, 1.54) is 5.56 Å². The van der Waals surface area contributed by atoms with Crippen LogP contribution in [0.4, 0.5) is 0 Å². The van der Waals surface area contributed by atoms with Gasteiger partial charge in [-0.1, -0.05) is 81.3 Å². The number of aryl methyl sites for hydroxylation is 3. The average Bonchev–Trinajstić information content (AvgIpc) is 2.78. The number of carbonyl (C=O) groups excluding carboxylic acids is 2. The number of nitrogens with one attached hydrogen (secondary N) is 1. The Morgan fingerprint density at radius 1 is 0.968 bits per heavy atom. The van der Waals surface area contributed by atoms with Gasteiger partial charge in [-0.15, -0.1) is 0 Å². The van der Waals surface area contributed by atoms with Crippen molar-refractivity contribution < 1.29 is 9.59 Å². The van der Waals surface area contributed by atoms with Crippen LogP contribution < -0.4 is 5.32 Å². The quantitative estimate of drug-likeness (QED) is 0.477. The van der Waals surface area contributed by atoms with Gasteiger partial charge in [-0.2, -0.15) is 0 Å². The number of amides is 2. The summed E-state index contributed by atoms with van der Waals surface area (Å²) in [6.45, 7) is 9.37. The predicted molar refractivity (Wildman–Crippen MR) is 128 cm³/mol. The predicted octanol–water partition coefficient (Wildman–Crippen LogP) is 5.21. The van der Waals surface area contributed by atoms with Gasteiger partial charge in [-0.3, -0.25) is 9.59 Å². The van der Waals surface area contributed by atoms with E-state index in [1.54, 1.807) is 4.90 Å². The molecular formula is C27H38N2O2. The first-order valence-corrected chi connectivity index (χ1v) is 11.7. The van der Waals surface area contributed by atoms with Crippen molar-refractivity contribution >= 4 is 11.8 Å². The standard InChI is InChI=1S/C27H38N2O2/c1-5-8-18-28-27(31)25(7-3)29(20-24-11-9-10-21(4)19-24)26(30)17-16-23-14-12-22(6-2)13-15-23/h9-15,19,25H,5-8,16-18,20H2,1-4H3,(H,28,31). The molecule has 0 heterocycles. The Morgan fingerprint density at radius 3 is 2.29 bits per heavy atom. The molecule has 0 aromatic heterocycles. The largest absolute Gasteiger partial charge is 0.354 e. The van der Waals surface area contributed by atoms with Gasteiger partial charge in [-0.25, -0.2) is 0 Å². The van der Waals surface area contributed by atoms with E-state index in [0.717, 1.165) is 36.0 Å². The zero-order valence-electron chi connectivity index (χ0n) is 19.6. The smallest absolute Gasteiger partial charge is 0.242 e. The maximum absolute atomic E-state index is 13.3. The molecule has 1 N–H and O–H groups in total. The van der Waals surface area contributed by atoms with Gasteiger partial charge in [0.15, 0.2) is 0 Å². The van der Waals surface area contributed by atoms with Crippen molar-refractivity contribution in [3.63, 3.8) is 0 Å². The van der Waals surface area contributed by atoms with Crippen LogP contribution in [0.25, 0.3) is 0 Å². The normalized spacial score (nSPS) is 11.7. The fourth-order valence-electron chi connectivity index (χ4n) is 3.77. The zero-order chi connectivity index (χ0) is 22.6. The summed E-state index contributed by atoms with van der Waals surface area (Å²) in [5, 5.41) is 3.02. The van der Waals surface area contributed by atoms with Crippen molar-refractivity contribution in [3.05, 3.63) is 70.8 Å². The third-order valence-electron chi connectivity index (χ3n) is 5.71. The molecule has 0 saturated carbocycles. The Labute approximate surface area is 188 Å². The first-order chi connectivity index (χ1) is 15.0. The third-order valence-corrected chi connectivity index (χ3v) is 5.71. The number of carbonyl (C=O) groups is 2. The zero-order valence-corrected chi connectivity index (χ0v) is 19.6. The summed E-state index contributed by atoms with van der Waals surface area (Å²) in [7, 11) is 0. The van der Waals surface area contributed by atoms with Crippen molar-refractivity contribution in [3.8, 4) is 0 Å². The Bertz CT molecular complexity index is 829.